The number of hydrogen-bond acceptors (Lipinski definition) is 7. The molecule has 31 heavy (non-hydrogen) atoms. The first-order chi connectivity index (χ1) is 14.9. The fourth-order valence-corrected chi connectivity index (χ4v) is 3.27. The minimum atomic E-state index is -0.767. The van der Waals surface area contributed by atoms with E-state index in [1.165, 1.54) is 19.2 Å². The van der Waals surface area contributed by atoms with Gasteiger partial charge in [0.05, 0.1) is 13.0 Å². The molecule has 0 spiro atoms. The Morgan fingerprint density at radius 2 is 2.03 bits per heavy atom. The van der Waals surface area contributed by atoms with Gasteiger partial charge in [-0.2, -0.15) is 0 Å². The number of phenolic OH excluding ortho intramolecular Hbond substituents is 1. The smallest absolute Gasteiger partial charge is 0.227 e. The summed E-state index contributed by atoms with van der Waals surface area (Å²) in [5.74, 6) is -1.19. The van der Waals surface area contributed by atoms with Crippen molar-refractivity contribution in [3.8, 4) is 17.2 Å². The maximum atomic E-state index is 12.7. The minimum Gasteiger partial charge on any atom is -0.504 e. The Hall–Kier alpha value is -3.81. The number of hydrogen-bond donors (Lipinski definition) is 3. The van der Waals surface area contributed by atoms with Crippen LogP contribution in [0.5, 0.6) is 17.2 Å². The summed E-state index contributed by atoms with van der Waals surface area (Å²) in [6, 6.07) is 11.3. The molecule has 1 amide bonds. The molecular formula is C23H24N2O6. The van der Waals surface area contributed by atoms with Crippen molar-refractivity contribution in [1.29, 1.82) is 0 Å². The Kier molecular flexibility index (Phi) is 6.92. The molecule has 0 radical (unpaired) electrons. The molecule has 8 nitrogen and oxygen atoms in total. The maximum absolute atomic E-state index is 12.7. The van der Waals surface area contributed by atoms with Gasteiger partial charge in [-0.05, 0) is 36.8 Å². The van der Waals surface area contributed by atoms with E-state index < -0.39 is 17.1 Å². The zero-order chi connectivity index (χ0) is 22.4. The molecule has 3 N–H and O–H groups in total. The number of aromatic hydroxyl groups is 2. The Morgan fingerprint density at radius 3 is 2.74 bits per heavy atom. The van der Waals surface area contributed by atoms with Crippen LogP contribution >= 0.6 is 0 Å². The predicted octanol–water partition coefficient (Wildman–Crippen LogP) is 2.64. The summed E-state index contributed by atoms with van der Waals surface area (Å²) in [5, 5.41) is 23.1. The number of phenols is 1. The van der Waals surface area contributed by atoms with Gasteiger partial charge in [0.25, 0.3) is 0 Å². The van der Waals surface area contributed by atoms with E-state index in [-0.39, 0.29) is 29.6 Å². The van der Waals surface area contributed by atoms with Crippen LogP contribution in [0.15, 0.2) is 57.9 Å². The third-order valence-electron chi connectivity index (χ3n) is 4.81. The molecule has 0 saturated heterocycles. The lowest BCUT2D eigenvalue weighted by Crippen LogP contribution is -2.28. The average Bonchev–Trinajstić information content (AvgIpc) is 2.76. The average molecular weight is 424 g/mol. The summed E-state index contributed by atoms with van der Waals surface area (Å²) in [6.45, 7) is 1.97. The number of amides is 1. The Morgan fingerprint density at radius 1 is 1.23 bits per heavy atom. The Balaban J connectivity index is 1.86. The van der Waals surface area contributed by atoms with Gasteiger partial charge in [-0.15, -0.1) is 0 Å². The van der Waals surface area contributed by atoms with Gasteiger partial charge in [0.2, 0.25) is 17.1 Å². The molecule has 1 aromatic carbocycles. The highest BCUT2D eigenvalue weighted by molar-refractivity contribution is 5.77. The van der Waals surface area contributed by atoms with Crippen LogP contribution in [-0.4, -0.2) is 34.8 Å². The van der Waals surface area contributed by atoms with Crippen molar-refractivity contribution in [2.24, 2.45) is 0 Å². The molecule has 0 unspecified atom stereocenters. The van der Waals surface area contributed by atoms with Gasteiger partial charge in [-0.1, -0.05) is 12.1 Å². The Bertz CT molecular complexity index is 1110. The summed E-state index contributed by atoms with van der Waals surface area (Å²) in [6.07, 6.45) is 2.17. The van der Waals surface area contributed by atoms with Crippen LogP contribution in [0.4, 0.5) is 0 Å². The number of nitrogens with one attached hydrogen (secondary N) is 1. The first kappa shape index (κ1) is 21.9. The summed E-state index contributed by atoms with van der Waals surface area (Å²) in [7, 11) is 1.41. The minimum absolute atomic E-state index is 0.0161. The number of aryl methyl sites for hydroxylation is 1. The second-order valence-corrected chi connectivity index (χ2v) is 7.04. The predicted molar refractivity (Wildman–Crippen MR) is 113 cm³/mol. The van der Waals surface area contributed by atoms with Crippen LogP contribution in [0.1, 0.15) is 35.1 Å². The monoisotopic (exact) mass is 424 g/mol. The first-order valence-electron chi connectivity index (χ1n) is 9.76. The van der Waals surface area contributed by atoms with Crippen LogP contribution in [0.25, 0.3) is 0 Å². The van der Waals surface area contributed by atoms with Crippen molar-refractivity contribution in [2.45, 2.75) is 25.7 Å². The fourth-order valence-electron chi connectivity index (χ4n) is 3.27. The molecule has 1 atom stereocenters. The second-order valence-electron chi connectivity index (χ2n) is 7.04. The summed E-state index contributed by atoms with van der Waals surface area (Å²) in [5.41, 5.74) is 0.800. The summed E-state index contributed by atoms with van der Waals surface area (Å²) < 4.78 is 10.8. The van der Waals surface area contributed by atoms with Crippen LogP contribution in [0.2, 0.25) is 0 Å². The van der Waals surface area contributed by atoms with Gasteiger partial charge in [0.15, 0.2) is 17.3 Å². The SMILES string of the molecule is COc1cc([C@@H](CC(=O)NCCc2ccccn2)c2oc(C)cc(=O)c2O)ccc1O. The van der Waals surface area contributed by atoms with Crippen molar-refractivity contribution >= 4 is 5.91 Å². The molecule has 0 aliphatic rings. The van der Waals surface area contributed by atoms with Crippen molar-refractivity contribution < 1.29 is 24.2 Å². The van der Waals surface area contributed by atoms with Crippen LogP contribution < -0.4 is 15.5 Å². The van der Waals surface area contributed by atoms with Crippen molar-refractivity contribution in [3.05, 3.63) is 81.7 Å². The number of methoxy groups -OCH3 is 1. The van der Waals surface area contributed by atoms with E-state index in [0.29, 0.717) is 24.3 Å². The highest BCUT2D eigenvalue weighted by Crippen LogP contribution is 2.37. The summed E-state index contributed by atoms with van der Waals surface area (Å²) >= 11 is 0. The van der Waals surface area contributed by atoms with Crippen molar-refractivity contribution in [2.75, 3.05) is 13.7 Å². The van der Waals surface area contributed by atoms with E-state index in [1.54, 1.807) is 25.3 Å². The lowest BCUT2D eigenvalue weighted by molar-refractivity contribution is -0.121. The molecule has 0 aliphatic heterocycles. The van der Waals surface area contributed by atoms with Gasteiger partial charge in [-0.3, -0.25) is 14.6 Å². The molecule has 3 rings (SSSR count). The number of benzene rings is 1. The molecule has 0 aliphatic carbocycles. The number of rotatable bonds is 8. The van der Waals surface area contributed by atoms with E-state index in [1.807, 2.05) is 18.2 Å². The molecule has 0 saturated carbocycles. The molecular weight excluding hydrogens is 400 g/mol. The van der Waals surface area contributed by atoms with Gasteiger partial charge < -0.3 is 24.7 Å². The fraction of sp³-hybridized carbons (Fsp3) is 0.261. The largest absolute Gasteiger partial charge is 0.504 e. The lowest BCUT2D eigenvalue weighted by Gasteiger charge is -2.19. The molecule has 2 aromatic heterocycles. The first-order valence-corrected chi connectivity index (χ1v) is 9.76. The number of nitrogens with zero attached hydrogens (tertiary/aromatic N) is 1. The lowest BCUT2D eigenvalue weighted by atomic mass is 9.91. The van der Waals surface area contributed by atoms with Crippen LogP contribution in [0.3, 0.4) is 0 Å². The molecule has 3 aromatic rings. The van der Waals surface area contributed by atoms with Gasteiger partial charge in [0.1, 0.15) is 5.76 Å². The van der Waals surface area contributed by atoms with Gasteiger partial charge in [0, 0.05) is 37.3 Å². The topological polar surface area (TPSA) is 122 Å². The highest BCUT2D eigenvalue weighted by atomic mass is 16.5. The van der Waals surface area contributed by atoms with E-state index in [2.05, 4.69) is 10.3 Å². The zero-order valence-corrected chi connectivity index (χ0v) is 17.3. The number of pyridine rings is 1. The molecule has 0 fully saturated rings. The van der Waals surface area contributed by atoms with E-state index in [9.17, 15) is 19.8 Å². The van der Waals surface area contributed by atoms with Crippen LogP contribution in [-0.2, 0) is 11.2 Å². The number of carbonyl (C=O) groups excluding carboxylic acids is 1. The summed E-state index contributed by atoms with van der Waals surface area (Å²) in [4.78, 5) is 29.0. The third-order valence-corrected chi connectivity index (χ3v) is 4.81. The zero-order valence-electron chi connectivity index (χ0n) is 17.3. The highest BCUT2D eigenvalue weighted by Gasteiger charge is 2.26. The maximum Gasteiger partial charge on any atom is 0.227 e. The van der Waals surface area contributed by atoms with E-state index in [0.717, 1.165) is 5.69 Å². The van der Waals surface area contributed by atoms with Gasteiger partial charge in [-0.25, -0.2) is 0 Å². The van der Waals surface area contributed by atoms with Crippen LogP contribution in [0, 0.1) is 6.92 Å². The van der Waals surface area contributed by atoms with Crippen molar-refractivity contribution in [3.63, 3.8) is 0 Å². The molecule has 0 bridgehead atoms. The molecule has 8 heteroatoms. The van der Waals surface area contributed by atoms with Crippen molar-refractivity contribution in [1.82, 2.24) is 10.3 Å². The number of aromatic nitrogens is 1. The third kappa shape index (κ3) is 5.42. The molecule has 2 heterocycles. The van der Waals surface area contributed by atoms with Gasteiger partial charge >= 0.3 is 0 Å². The Labute approximate surface area is 179 Å². The normalized spacial score (nSPS) is 11.7. The quantitative estimate of drug-likeness (QED) is 0.508. The molecule has 162 valence electrons. The van der Waals surface area contributed by atoms with E-state index in [4.69, 9.17) is 9.15 Å². The number of ether oxygens (including phenoxy) is 1. The standard InChI is InChI=1S/C23H24N2O6/c1-14-11-19(27)22(29)23(31-14)17(15-6-7-18(26)20(12-15)30-2)13-21(28)25-10-8-16-5-3-4-9-24-16/h3-7,9,11-12,17,26,29H,8,10,13H2,1-2H3,(H,25,28)/t17-/m1/s1. The second kappa shape index (κ2) is 9.80. The number of carbonyl (C=O) groups is 1. The van der Waals surface area contributed by atoms with E-state index >= 15 is 0 Å².